The van der Waals surface area contributed by atoms with E-state index in [1.807, 2.05) is 30.3 Å². The minimum Gasteiger partial charge on any atom is -0.467 e. The summed E-state index contributed by atoms with van der Waals surface area (Å²) >= 11 is 0. The lowest BCUT2D eigenvalue weighted by molar-refractivity contribution is -0.385. The van der Waals surface area contributed by atoms with Gasteiger partial charge >= 0.3 is 0 Å². The maximum absolute atomic E-state index is 12.4. The summed E-state index contributed by atoms with van der Waals surface area (Å²) in [7, 11) is -1.18. The SMILES string of the molecule is O=[N+]([O-])c1cc2c(c(CS(=O)Cc3ccccc3)c1)OCOC2. The molecule has 1 heterocycles. The van der Waals surface area contributed by atoms with Crippen LogP contribution in [0.2, 0.25) is 0 Å². The van der Waals surface area contributed by atoms with Crippen LogP contribution < -0.4 is 4.74 Å². The molecule has 0 bridgehead atoms. The first kappa shape index (κ1) is 15.6. The van der Waals surface area contributed by atoms with Gasteiger partial charge in [0.2, 0.25) is 0 Å². The molecule has 7 heteroatoms. The normalized spacial score (nSPS) is 14.6. The van der Waals surface area contributed by atoms with Crippen LogP contribution in [-0.2, 0) is 33.6 Å². The van der Waals surface area contributed by atoms with E-state index in [9.17, 15) is 14.3 Å². The van der Waals surface area contributed by atoms with Gasteiger partial charge in [0.05, 0.1) is 17.3 Å². The summed E-state index contributed by atoms with van der Waals surface area (Å²) in [6.07, 6.45) is 0. The van der Waals surface area contributed by atoms with Crippen molar-refractivity contribution in [1.29, 1.82) is 0 Å². The topological polar surface area (TPSA) is 78.7 Å². The highest BCUT2D eigenvalue weighted by molar-refractivity contribution is 7.83. The second-order valence-electron chi connectivity index (χ2n) is 5.18. The monoisotopic (exact) mass is 333 g/mol. The van der Waals surface area contributed by atoms with Crippen molar-refractivity contribution < 1.29 is 18.6 Å². The predicted molar refractivity (Wildman–Crippen MR) is 85.4 cm³/mol. The maximum atomic E-state index is 12.4. The van der Waals surface area contributed by atoms with Gasteiger partial charge in [-0.25, -0.2) is 0 Å². The quantitative estimate of drug-likeness (QED) is 0.621. The van der Waals surface area contributed by atoms with Crippen LogP contribution in [0.4, 0.5) is 5.69 Å². The Hall–Kier alpha value is -2.25. The molecule has 6 nitrogen and oxygen atoms in total. The van der Waals surface area contributed by atoms with Gasteiger partial charge in [-0.3, -0.25) is 14.3 Å². The van der Waals surface area contributed by atoms with Crippen molar-refractivity contribution in [2.24, 2.45) is 0 Å². The Balaban J connectivity index is 1.85. The van der Waals surface area contributed by atoms with Crippen LogP contribution in [-0.4, -0.2) is 15.9 Å². The number of ether oxygens (including phenoxy) is 2. The maximum Gasteiger partial charge on any atom is 0.270 e. The highest BCUT2D eigenvalue weighted by Gasteiger charge is 2.22. The summed E-state index contributed by atoms with van der Waals surface area (Å²) in [5.41, 5.74) is 2.14. The molecule has 0 aromatic heterocycles. The summed E-state index contributed by atoms with van der Waals surface area (Å²) in [5.74, 6) is 1.16. The first-order valence-electron chi connectivity index (χ1n) is 7.03. The van der Waals surface area contributed by atoms with Crippen molar-refractivity contribution in [3.63, 3.8) is 0 Å². The Kier molecular flexibility index (Phi) is 4.68. The number of nitro groups is 1. The van der Waals surface area contributed by atoms with Crippen LogP contribution in [0.5, 0.6) is 5.75 Å². The molecular weight excluding hydrogens is 318 g/mol. The lowest BCUT2D eigenvalue weighted by Gasteiger charge is -2.20. The molecule has 0 fully saturated rings. The van der Waals surface area contributed by atoms with Crippen molar-refractivity contribution >= 4 is 16.5 Å². The molecule has 0 saturated heterocycles. The summed E-state index contributed by atoms with van der Waals surface area (Å²) in [4.78, 5) is 10.6. The fourth-order valence-electron chi connectivity index (χ4n) is 2.48. The number of benzene rings is 2. The van der Waals surface area contributed by atoms with Gasteiger partial charge in [-0.2, -0.15) is 0 Å². The van der Waals surface area contributed by atoms with Crippen LogP contribution in [0.3, 0.4) is 0 Å². The molecule has 0 saturated carbocycles. The van der Waals surface area contributed by atoms with Gasteiger partial charge in [0.15, 0.2) is 6.79 Å². The summed E-state index contributed by atoms with van der Waals surface area (Å²) in [6.45, 7) is 0.360. The van der Waals surface area contributed by atoms with Crippen molar-refractivity contribution in [3.8, 4) is 5.75 Å². The van der Waals surface area contributed by atoms with E-state index in [4.69, 9.17) is 9.47 Å². The van der Waals surface area contributed by atoms with Gasteiger partial charge in [0.1, 0.15) is 5.75 Å². The van der Waals surface area contributed by atoms with Crippen molar-refractivity contribution in [1.82, 2.24) is 0 Å². The number of nitrogens with zero attached hydrogens (tertiary/aromatic N) is 1. The molecule has 0 radical (unpaired) electrons. The third kappa shape index (κ3) is 3.75. The average Bonchev–Trinajstić information content (AvgIpc) is 2.55. The fraction of sp³-hybridized carbons (Fsp3) is 0.250. The van der Waals surface area contributed by atoms with E-state index in [-0.39, 0.29) is 24.8 Å². The molecule has 0 amide bonds. The Morgan fingerprint density at radius 3 is 2.70 bits per heavy atom. The molecule has 3 rings (SSSR count). The van der Waals surface area contributed by atoms with E-state index >= 15 is 0 Å². The van der Waals surface area contributed by atoms with Gasteiger partial charge in [0.25, 0.3) is 5.69 Å². The highest BCUT2D eigenvalue weighted by atomic mass is 32.2. The molecule has 2 aromatic carbocycles. The zero-order chi connectivity index (χ0) is 16.2. The van der Waals surface area contributed by atoms with Crippen LogP contribution >= 0.6 is 0 Å². The second-order valence-corrected chi connectivity index (χ2v) is 6.63. The predicted octanol–water partition coefficient (Wildman–Crippen LogP) is 2.91. The van der Waals surface area contributed by atoms with Crippen molar-refractivity contribution in [2.75, 3.05) is 6.79 Å². The Labute approximate surface area is 135 Å². The van der Waals surface area contributed by atoms with Crippen LogP contribution in [0, 0.1) is 10.1 Å². The van der Waals surface area contributed by atoms with Crippen LogP contribution in [0.15, 0.2) is 42.5 Å². The van der Waals surface area contributed by atoms with Gasteiger partial charge in [-0.1, -0.05) is 30.3 Å². The Bertz CT molecular complexity index is 748. The Morgan fingerprint density at radius 1 is 1.17 bits per heavy atom. The molecule has 0 spiro atoms. The van der Waals surface area contributed by atoms with Gasteiger partial charge in [0, 0.05) is 39.8 Å². The first-order chi connectivity index (χ1) is 11.1. The largest absolute Gasteiger partial charge is 0.467 e. The third-order valence-electron chi connectivity index (χ3n) is 3.47. The second kappa shape index (κ2) is 6.89. The van der Waals surface area contributed by atoms with Gasteiger partial charge in [-0.05, 0) is 5.56 Å². The average molecular weight is 333 g/mol. The molecular formula is C16H15NO5S. The van der Waals surface area contributed by atoms with Crippen LogP contribution in [0.1, 0.15) is 16.7 Å². The zero-order valence-corrected chi connectivity index (χ0v) is 13.1. The number of fused-ring (bicyclic) bond motifs is 1. The molecule has 1 atom stereocenters. The summed E-state index contributed by atoms with van der Waals surface area (Å²) in [5, 5.41) is 11.1. The third-order valence-corrected chi connectivity index (χ3v) is 4.76. The molecule has 1 aliphatic rings. The summed E-state index contributed by atoms with van der Waals surface area (Å²) < 4.78 is 23.0. The van der Waals surface area contributed by atoms with Gasteiger partial charge < -0.3 is 9.47 Å². The van der Waals surface area contributed by atoms with Crippen molar-refractivity contribution in [3.05, 3.63) is 69.3 Å². The van der Waals surface area contributed by atoms with E-state index < -0.39 is 15.7 Å². The van der Waals surface area contributed by atoms with E-state index in [2.05, 4.69) is 0 Å². The van der Waals surface area contributed by atoms with E-state index in [0.29, 0.717) is 22.6 Å². The van der Waals surface area contributed by atoms with E-state index in [1.54, 1.807) is 0 Å². The number of non-ortho nitro benzene ring substituents is 1. The molecule has 23 heavy (non-hydrogen) atoms. The molecule has 2 aromatic rings. The minimum atomic E-state index is -1.18. The van der Waals surface area contributed by atoms with E-state index in [1.165, 1.54) is 12.1 Å². The first-order valence-corrected chi connectivity index (χ1v) is 8.52. The summed E-state index contributed by atoms with van der Waals surface area (Å²) in [6, 6.07) is 12.4. The van der Waals surface area contributed by atoms with E-state index in [0.717, 1.165) is 5.56 Å². The number of nitro benzene ring substituents is 1. The zero-order valence-electron chi connectivity index (χ0n) is 12.3. The number of hydrogen-bond acceptors (Lipinski definition) is 5. The highest BCUT2D eigenvalue weighted by Crippen LogP contribution is 2.33. The minimum absolute atomic E-state index is 0.0374. The number of hydrogen-bond donors (Lipinski definition) is 0. The molecule has 0 aliphatic carbocycles. The Morgan fingerprint density at radius 2 is 1.96 bits per heavy atom. The molecule has 1 aliphatic heterocycles. The smallest absolute Gasteiger partial charge is 0.270 e. The molecule has 0 N–H and O–H groups in total. The van der Waals surface area contributed by atoms with Crippen molar-refractivity contribution in [2.45, 2.75) is 18.1 Å². The molecule has 1 unspecified atom stereocenters. The lowest BCUT2D eigenvalue weighted by Crippen LogP contribution is -2.14. The number of rotatable bonds is 5. The standard InChI is InChI=1S/C16H15NO5S/c18-17(19)15-6-13-8-21-11-22-16(13)14(7-15)10-23(20)9-12-4-2-1-3-5-12/h1-7H,8-11H2. The molecule has 120 valence electrons. The lowest BCUT2D eigenvalue weighted by atomic mass is 10.1. The van der Waals surface area contributed by atoms with Crippen LogP contribution in [0.25, 0.3) is 0 Å². The van der Waals surface area contributed by atoms with Gasteiger partial charge in [-0.15, -0.1) is 0 Å². The fourth-order valence-corrected chi connectivity index (χ4v) is 3.71.